The molecule has 6 heterocycles. The summed E-state index contributed by atoms with van der Waals surface area (Å²) >= 11 is 0. The first-order valence-electron chi connectivity index (χ1n) is 50.2. The molecule has 6 nitrogen and oxygen atoms in total. The van der Waals surface area contributed by atoms with Gasteiger partial charge in [0, 0.05) is 98.5 Å². The van der Waals surface area contributed by atoms with E-state index in [1.807, 2.05) is 0 Å². The van der Waals surface area contributed by atoms with E-state index in [1.54, 1.807) is 0 Å². The van der Waals surface area contributed by atoms with Crippen LogP contribution in [0.4, 0.5) is 0 Å². The van der Waals surface area contributed by atoms with Crippen molar-refractivity contribution in [2.45, 2.75) is 0 Å². The Morgan fingerprint density at radius 2 is 0.329 bits per heavy atom. The van der Waals surface area contributed by atoms with E-state index in [2.05, 4.69) is 586 Å². The molecular weight excluding hydrogens is 1770 g/mol. The lowest BCUT2D eigenvalue weighted by atomic mass is 9.98. The van der Waals surface area contributed by atoms with Crippen LogP contribution in [-0.2, 0) is 0 Å². The molecule has 6 heteroatoms. The van der Waals surface area contributed by atoms with E-state index in [9.17, 15) is 0 Å². The van der Waals surface area contributed by atoms with Crippen LogP contribution in [0, 0.1) is 0 Å². The summed E-state index contributed by atoms with van der Waals surface area (Å²) in [7, 11) is 0. The zero-order valence-corrected chi connectivity index (χ0v) is 79.8. The van der Waals surface area contributed by atoms with Crippen LogP contribution in [0.3, 0.4) is 0 Å². The summed E-state index contributed by atoms with van der Waals surface area (Å²) in [6, 6.07) is 203. The normalized spacial score (nSPS) is 11.7. The SMILES string of the molecule is c1ccc(-c2cc(-c3ccccc3)cc(-n3c4ccc(-c5ccccc5)cc4c4cc5c(cc43)c3ccccc3n5-c3ccccc3)c2)cc1.c1ccc(-c2cc(-c3ccccc3)cc(-n3c4ccccc4c4cc5c(cc43)c3ccccc3n5-c3ccc4ccccc4c3)c2)cc1.c1ccc(-c2cc(-c3ccccc3)cc(-n3c4ccccc4c4cc5c(cc43)c3ccccc3n5-c3cccc4ccccc34)c2)cc1. The van der Waals surface area contributed by atoms with Crippen molar-refractivity contribution in [3.8, 4) is 112 Å². The van der Waals surface area contributed by atoms with Gasteiger partial charge in [0.15, 0.2) is 0 Å². The Labute approximate surface area is 843 Å². The first kappa shape index (κ1) is 84.7. The molecule has 0 bridgehead atoms. The molecular formula is C140H92N6. The Balaban J connectivity index is 0.000000106. The largest absolute Gasteiger partial charge is 0.309 e. The van der Waals surface area contributed by atoms with Crippen LogP contribution in [0.25, 0.3) is 264 Å². The van der Waals surface area contributed by atoms with Crippen LogP contribution in [-0.4, -0.2) is 27.4 Å². The minimum absolute atomic E-state index is 1.14. The Morgan fingerprint density at radius 1 is 0.0890 bits per heavy atom. The van der Waals surface area contributed by atoms with Gasteiger partial charge in [0.25, 0.3) is 0 Å². The van der Waals surface area contributed by atoms with E-state index < -0.39 is 0 Å². The van der Waals surface area contributed by atoms with Crippen molar-refractivity contribution in [3.05, 3.63) is 558 Å². The van der Waals surface area contributed by atoms with Gasteiger partial charge in [-0.3, -0.25) is 0 Å². The molecule has 0 fully saturated rings. The zero-order chi connectivity index (χ0) is 96.2. The van der Waals surface area contributed by atoms with Crippen LogP contribution >= 0.6 is 0 Å². The van der Waals surface area contributed by atoms with Crippen LogP contribution in [0.15, 0.2) is 558 Å². The third-order valence-corrected chi connectivity index (χ3v) is 29.8. The van der Waals surface area contributed by atoms with Crippen LogP contribution < -0.4 is 0 Å². The highest BCUT2D eigenvalue weighted by Crippen LogP contribution is 2.48. The summed E-state index contributed by atoms with van der Waals surface area (Å²) in [4.78, 5) is 0. The highest BCUT2D eigenvalue weighted by molar-refractivity contribution is 6.23. The van der Waals surface area contributed by atoms with Crippen molar-refractivity contribution in [1.82, 2.24) is 27.4 Å². The van der Waals surface area contributed by atoms with Crippen LogP contribution in [0.2, 0.25) is 0 Å². The van der Waals surface area contributed by atoms with E-state index in [4.69, 9.17) is 0 Å². The second-order valence-corrected chi connectivity index (χ2v) is 38.2. The smallest absolute Gasteiger partial charge is 0.0549 e. The number of hydrogen-bond donors (Lipinski definition) is 0. The third-order valence-electron chi connectivity index (χ3n) is 29.8. The molecule has 682 valence electrons. The first-order valence-corrected chi connectivity index (χ1v) is 50.2. The molecule has 146 heavy (non-hydrogen) atoms. The number of para-hydroxylation sites is 6. The zero-order valence-electron chi connectivity index (χ0n) is 79.8. The van der Waals surface area contributed by atoms with E-state index in [1.165, 1.54) is 242 Å². The average molecular weight is 1860 g/mol. The van der Waals surface area contributed by atoms with Crippen LogP contribution in [0.5, 0.6) is 0 Å². The van der Waals surface area contributed by atoms with E-state index >= 15 is 0 Å². The van der Waals surface area contributed by atoms with E-state index in [0.29, 0.717) is 0 Å². The number of rotatable bonds is 13. The van der Waals surface area contributed by atoms with Gasteiger partial charge in [0.1, 0.15) is 0 Å². The number of nitrogens with zero attached hydrogens (tertiary/aromatic N) is 6. The molecule has 0 spiro atoms. The van der Waals surface area contributed by atoms with Gasteiger partial charge >= 0.3 is 0 Å². The summed E-state index contributed by atoms with van der Waals surface area (Å²) in [6.07, 6.45) is 0. The first-order chi connectivity index (χ1) is 72.4. The predicted octanol–water partition coefficient (Wildman–Crippen LogP) is 37.6. The van der Waals surface area contributed by atoms with Gasteiger partial charge in [-0.2, -0.15) is 0 Å². The molecule has 0 atom stereocenters. The molecule has 6 aromatic heterocycles. The molecule has 0 aliphatic rings. The van der Waals surface area contributed by atoms with Gasteiger partial charge in [0.05, 0.1) is 71.9 Å². The number of aromatic nitrogens is 6. The lowest BCUT2D eigenvalue weighted by molar-refractivity contribution is 1.17. The van der Waals surface area contributed by atoms with Crippen molar-refractivity contribution in [3.63, 3.8) is 0 Å². The Hall–Kier alpha value is -19.4. The molecule has 0 radical (unpaired) electrons. The molecule has 0 saturated carbocycles. The second kappa shape index (κ2) is 35.4. The molecule has 0 saturated heterocycles. The topological polar surface area (TPSA) is 29.6 Å². The van der Waals surface area contributed by atoms with Gasteiger partial charge in [0.2, 0.25) is 0 Å². The van der Waals surface area contributed by atoms with Gasteiger partial charge in [-0.15, -0.1) is 0 Å². The standard InChI is InChI=1S/C48H32N2.2C46H30N2/c1-5-15-33(16-6-1)36-25-26-46-42(30-36)44-32-47-43(41-23-13-14-24-45(41)49(47)39-21-11-4-12-22-39)31-48(44)50(46)40-28-37(34-17-7-2-8-18-34)27-38(29-40)35-19-9-3-10-20-35;1-3-14-31(15-4-1)34-26-35(32-16-5-2-6-17-32)28-36(27-34)47-43-23-11-9-21-38(43)40-30-46-41(29-45(40)47)39-22-10-12-24-44(39)48(46)42-25-13-19-33-18-7-8-20-37(33)42;1-3-13-31(14-4-1)35-25-36(32-15-5-2-6-16-32)28-38(27-35)48-44-22-12-10-20-40(44)42-29-45-41(30-46(42)48)39-19-9-11-21-43(39)47(45)37-24-23-33-17-7-8-18-34(33)26-37/h1-32H;2*1-30H. The molecule has 24 aromatic carbocycles. The maximum atomic E-state index is 2.48. The fourth-order valence-corrected chi connectivity index (χ4v) is 23.1. The molecule has 0 N–H and O–H groups in total. The summed E-state index contributed by atoms with van der Waals surface area (Å²) in [6.45, 7) is 0. The quantitative estimate of drug-likeness (QED) is 0.110. The number of fused-ring (bicyclic) bond motifs is 20. The van der Waals surface area contributed by atoms with E-state index in [-0.39, 0.29) is 0 Å². The molecule has 30 rings (SSSR count). The summed E-state index contributed by atoms with van der Waals surface area (Å²) in [5, 5.41) is 19.9. The number of benzene rings is 24. The lowest BCUT2D eigenvalue weighted by Crippen LogP contribution is -1.96. The van der Waals surface area contributed by atoms with Crippen molar-refractivity contribution < 1.29 is 0 Å². The van der Waals surface area contributed by atoms with Gasteiger partial charge in [-0.1, -0.05) is 394 Å². The van der Waals surface area contributed by atoms with Crippen molar-refractivity contribution in [1.29, 1.82) is 0 Å². The second-order valence-electron chi connectivity index (χ2n) is 38.2. The fraction of sp³-hybridized carbons (Fsp3) is 0. The van der Waals surface area contributed by atoms with Crippen LogP contribution in [0.1, 0.15) is 0 Å². The minimum Gasteiger partial charge on any atom is -0.309 e. The molecule has 0 amide bonds. The Kier molecular flexibility index (Phi) is 20.5. The molecule has 30 aromatic rings. The fourth-order valence-electron chi connectivity index (χ4n) is 23.1. The van der Waals surface area contributed by atoms with Gasteiger partial charge in [-0.05, 0) is 258 Å². The van der Waals surface area contributed by atoms with Crippen molar-refractivity contribution in [2.24, 2.45) is 0 Å². The number of hydrogen-bond acceptors (Lipinski definition) is 0. The molecule has 0 aliphatic carbocycles. The lowest BCUT2D eigenvalue weighted by Gasteiger charge is -2.14. The van der Waals surface area contributed by atoms with Crippen molar-refractivity contribution in [2.75, 3.05) is 0 Å². The minimum atomic E-state index is 1.14. The average Bonchev–Trinajstić information content (AvgIpc) is 1.56. The summed E-state index contributed by atoms with van der Waals surface area (Å²) in [5.41, 5.74) is 38.3. The summed E-state index contributed by atoms with van der Waals surface area (Å²) in [5.74, 6) is 0. The third kappa shape index (κ3) is 14.6. The van der Waals surface area contributed by atoms with E-state index in [0.717, 1.165) is 22.7 Å². The van der Waals surface area contributed by atoms with Gasteiger partial charge < -0.3 is 27.4 Å². The van der Waals surface area contributed by atoms with Gasteiger partial charge in [-0.25, -0.2) is 0 Å². The van der Waals surface area contributed by atoms with Crippen molar-refractivity contribution >= 4 is 152 Å². The summed E-state index contributed by atoms with van der Waals surface area (Å²) < 4.78 is 14.7. The highest BCUT2D eigenvalue weighted by atomic mass is 15.0. The highest BCUT2D eigenvalue weighted by Gasteiger charge is 2.26. The molecule has 0 aliphatic heterocycles. The molecule has 0 unspecified atom stereocenters. The predicted molar refractivity (Wildman–Crippen MR) is 618 cm³/mol. The monoisotopic (exact) mass is 1860 g/mol. The maximum Gasteiger partial charge on any atom is 0.0549 e. The Morgan fingerprint density at radius 3 is 0.678 bits per heavy atom. The Bertz CT molecular complexity index is 10200. The maximum absolute atomic E-state index is 2.48.